The standard InChI is InChI=1S/C13H16N2O3/c16-7-3-1-2-6-14-13(17)10-4-5-12-11(8-10)15-9-18-12/h4-5,8-9,16H,1-3,6-7H2,(H,14,17). The number of amides is 1. The van der Waals surface area contributed by atoms with Crippen molar-refractivity contribution in [2.75, 3.05) is 13.2 Å². The van der Waals surface area contributed by atoms with Gasteiger partial charge in [-0.1, -0.05) is 0 Å². The Labute approximate surface area is 105 Å². The molecule has 0 aliphatic heterocycles. The lowest BCUT2D eigenvalue weighted by Crippen LogP contribution is -2.24. The van der Waals surface area contributed by atoms with Crippen LogP contribution in [0.25, 0.3) is 11.1 Å². The first kappa shape index (κ1) is 12.6. The normalized spacial score (nSPS) is 10.7. The minimum atomic E-state index is -0.108. The summed E-state index contributed by atoms with van der Waals surface area (Å²) in [6, 6.07) is 5.17. The molecule has 0 aliphatic carbocycles. The largest absolute Gasteiger partial charge is 0.443 e. The van der Waals surface area contributed by atoms with Gasteiger partial charge in [0.05, 0.1) is 0 Å². The Bertz CT molecular complexity index is 522. The van der Waals surface area contributed by atoms with Gasteiger partial charge in [0.15, 0.2) is 12.0 Å². The van der Waals surface area contributed by atoms with E-state index >= 15 is 0 Å². The Kier molecular flexibility index (Phi) is 4.30. The number of benzene rings is 1. The molecule has 2 rings (SSSR count). The summed E-state index contributed by atoms with van der Waals surface area (Å²) in [7, 11) is 0. The zero-order valence-electron chi connectivity index (χ0n) is 10.1. The predicted octanol–water partition coefficient (Wildman–Crippen LogP) is 1.72. The van der Waals surface area contributed by atoms with Gasteiger partial charge in [-0.25, -0.2) is 4.98 Å². The summed E-state index contributed by atoms with van der Waals surface area (Å²) in [6.07, 6.45) is 3.93. The lowest BCUT2D eigenvalue weighted by Gasteiger charge is -2.04. The highest BCUT2D eigenvalue weighted by molar-refractivity contribution is 5.96. The fourth-order valence-electron chi connectivity index (χ4n) is 1.72. The molecule has 1 heterocycles. The quantitative estimate of drug-likeness (QED) is 0.763. The minimum absolute atomic E-state index is 0.108. The van der Waals surface area contributed by atoms with Crippen LogP contribution in [0.5, 0.6) is 0 Å². The summed E-state index contributed by atoms with van der Waals surface area (Å²) in [5.41, 5.74) is 1.94. The van der Waals surface area contributed by atoms with Gasteiger partial charge in [0.25, 0.3) is 5.91 Å². The zero-order valence-corrected chi connectivity index (χ0v) is 10.1. The molecule has 0 spiro atoms. The summed E-state index contributed by atoms with van der Waals surface area (Å²) in [5, 5.41) is 11.5. The highest BCUT2D eigenvalue weighted by Gasteiger charge is 2.07. The molecule has 2 aromatic rings. The van der Waals surface area contributed by atoms with Crippen molar-refractivity contribution >= 4 is 17.0 Å². The van der Waals surface area contributed by atoms with Crippen molar-refractivity contribution in [3.63, 3.8) is 0 Å². The van der Waals surface area contributed by atoms with Crippen LogP contribution >= 0.6 is 0 Å². The van der Waals surface area contributed by atoms with Crippen LogP contribution in [0.2, 0.25) is 0 Å². The maximum absolute atomic E-state index is 11.8. The number of aliphatic hydroxyl groups is 1. The average molecular weight is 248 g/mol. The molecular weight excluding hydrogens is 232 g/mol. The van der Waals surface area contributed by atoms with Gasteiger partial charge in [0.1, 0.15) is 5.52 Å². The molecule has 18 heavy (non-hydrogen) atoms. The summed E-state index contributed by atoms with van der Waals surface area (Å²) < 4.78 is 5.11. The van der Waals surface area contributed by atoms with Gasteiger partial charge < -0.3 is 14.8 Å². The fraction of sp³-hybridized carbons (Fsp3) is 0.385. The van der Waals surface area contributed by atoms with E-state index in [2.05, 4.69) is 10.3 Å². The third kappa shape index (κ3) is 3.07. The maximum atomic E-state index is 11.8. The Morgan fingerprint density at radius 1 is 1.33 bits per heavy atom. The highest BCUT2D eigenvalue weighted by atomic mass is 16.3. The van der Waals surface area contributed by atoms with Crippen LogP contribution in [-0.2, 0) is 0 Å². The smallest absolute Gasteiger partial charge is 0.251 e. The number of carbonyl (C=O) groups excluding carboxylic acids is 1. The number of oxazole rings is 1. The fourth-order valence-corrected chi connectivity index (χ4v) is 1.72. The van der Waals surface area contributed by atoms with Crippen LogP contribution in [0, 0.1) is 0 Å². The Hall–Kier alpha value is -1.88. The second kappa shape index (κ2) is 6.16. The van der Waals surface area contributed by atoms with Crippen molar-refractivity contribution in [3.05, 3.63) is 30.2 Å². The third-order valence-corrected chi connectivity index (χ3v) is 2.71. The highest BCUT2D eigenvalue weighted by Crippen LogP contribution is 2.13. The van der Waals surface area contributed by atoms with Gasteiger partial charge in [-0.2, -0.15) is 0 Å². The second-order valence-corrected chi connectivity index (χ2v) is 4.08. The van der Waals surface area contributed by atoms with E-state index in [4.69, 9.17) is 9.52 Å². The Morgan fingerprint density at radius 3 is 3.06 bits per heavy atom. The number of aromatic nitrogens is 1. The van der Waals surface area contributed by atoms with Gasteiger partial charge in [0.2, 0.25) is 0 Å². The molecule has 0 radical (unpaired) electrons. The summed E-state index contributed by atoms with van der Waals surface area (Å²) in [5.74, 6) is -0.108. The number of fused-ring (bicyclic) bond motifs is 1. The number of nitrogens with zero attached hydrogens (tertiary/aromatic N) is 1. The Balaban J connectivity index is 1.88. The summed E-state index contributed by atoms with van der Waals surface area (Å²) >= 11 is 0. The van der Waals surface area contributed by atoms with Gasteiger partial charge in [-0.3, -0.25) is 4.79 Å². The number of carbonyl (C=O) groups is 1. The van der Waals surface area contributed by atoms with E-state index in [1.54, 1.807) is 18.2 Å². The van der Waals surface area contributed by atoms with E-state index < -0.39 is 0 Å². The molecule has 5 nitrogen and oxygen atoms in total. The first-order chi connectivity index (χ1) is 8.81. The molecule has 1 aromatic heterocycles. The molecule has 0 bridgehead atoms. The lowest BCUT2D eigenvalue weighted by atomic mass is 10.2. The van der Waals surface area contributed by atoms with Crippen LogP contribution in [0.15, 0.2) is 29.0 Å². The predicted molar refractivity (Wildman–Crippen MR) is 67.3 cm³/mol. The van der Waals surface area contributed by atoms with E-state index in [0.29, 0.717) is 23.2 Å². The molecule has 2 N–H and O–H groups in total. The van der Waals surface area contributed by atoms with E-state index in [0.717, 1.165) is 19.3 Å². The molecule has 1 aromatic carbocycles. The van der Waals surface area contributed by atoms with Crippen molar-refractivity contribution in [1.82, 2.24) is 10.3 Å². The molecule has 0 unspecified atom stereocenters. The van der Waals surface area contributed by atoms with Crippen molar-refractivity contribution in [2.24, 2.45) is 0 Å². The molecule has 1 amide bonds. The van der Waals surface area contributed by atoms with Crippen LogP contribution in [0.1, 0.15) is 29.6 Å². The summed E-state index contributed by atoms with van der Waals surface area (Å²) in [4.78, 5) is 15.8. The van der Waals surface area contributed by atoms with Crippen molar-refractivity contribution in [3.8, 4) is 0 Å². The lowest BCUT2D eigenvalue weighted by molar-refractivity contribution is 0.0953. The van der Waals surface area contributed by atoms with Crippen LogP contribution in [0.4, 0.5) is 0 Å². The molecule has 0 saturated heterocycles. The van der Waals surface area contributed by atoms with Crippen molar-refractivity contribution in [2.45, 2.75) is 19.3 Å². The van der Waals surface area contributed by atoms with E-state index in [1.807, 2.05) is 0 Å². The van der Waals surface area contributed by atoms with Gasteiger partial charge >= 0.3 is 0 Å². The average Bonchev–Trinajstić information content (AvgIpc) is 2.85. The molecule has 0 atom stereocenters. The maximum Gasteiger partial charge on any atom is 0.251 e. The van der Waals surface area contributed by atoms with Crippen LogP contribution in [-0.4, -0.2) is 29.1 Å². The number of unbranched alkanes of at least 4 members (excludes halogenated alkanes) is 2. The topological polar surface area (TPSA) is 75.4 Å². The Morgan fingerprint density at radius 2 is 2.22 bits per heavy atom. The van der Waals surface area contributed by atoms with Crippen molar-refractivity contribution < 1.29 is 14.3 Å². The van der Waals surface area contributed by atoms with E-state index in [-0.39, 0.29) is 12.5 Å². The zero-order chi connectivity index (χ0) is 12.8. The second-order valence-electron chi connectivity index (χ2n) is 4.08. The molecule has 5 heteroatoms. The molecule has 0 fully saturated rings. The molecular formula is C13H16N2O3. The van der Waals surface area contributed by atoms with Crippen molar-refractivity contribution in [1.29, 1.82) is 0 Å². The first-order valence-corrected chi connectivity index (χ1v) is 6.03. The minimum Gasteiger partial charge on any atom is -0.443 e. The number of rotatable bonds is 6. The van der Waals surface area contributed by atoms with Crippen LogP contribution < -0.4 is 5.32 Å². The number of hydrogen-bond acceptors (Lipinski definition) is 4. The molecule has 96 valence electrons. The SMILES string of the molecule is O=C(NCCCCCO)c1ccc2ocnc2c1. The number of hydrogen-bond donors (Lipinski definition) is 2. The number of nitrogens with one attached hydrogen (secondary N) is 1. The van der Waals surface area contributed by atoms with E-state index in [9.17, 15) is 4.79 Å². The third-order valence-electron chi connectivity index (χ3n) is 2.71. The molecule has 0 saturated carbocycles. The molecule has 0 aliphatic rings. The summed E-state index contributed by atoms with van der Waals surface area (Å²) in [6.45, 7) is 0.826. The number of aliphatic hydroxyl groups excluding tert-OH is 1. The van der Waals surface area contributed by atoms with Crippen LogP contribution in [0.3, 0.4) is 0 Å². The van der Waals surface area contributed by atoms with Gasteiger partial charge in [-0.05, 0) is 37.5 Å². The monoisotopic (exact) mass is 248 g/mol. The van der Waals surface area contributed by atoms with Gasteiger partial charge in [-0.15, -0.1) is 0 Å². The first-order valence-electron chi connectivity index (χ1n) is 6.03. The van der Waals surface area contributed by atoms with E-state index in [1.165, 1.54) is 6.39 Å². The van der Waals surface area contributed by atoms with Gasteiger partial charge in [0, 0.05) is 18.7 Å².